The first kappa shape index (κ1) is 12.7. The molecule has 19 heavy (non-hydrogen) atoms. The summed E-state index contributed by atoms with van der Waals surface area (Å²) < 4.78 is 14.2. The molecule has 0 unspecified atom stereocenters. The van der Waals surface area contributed by atoms with Crippen molar-refractivity contribution in [1.29, 1.82) is 0 Å². The SMILES string of the molecule is Cn1ccc2ccnc(B3OC(C)(C)C(C)(C)O3)c21. The van der Waals surface area contributed by atoms with Gasteiger partial charge in [0.25, 0.3) is 0 Å². The highest BCUT2D eigenvalue weighted by atomic mass is 16.7. The number of rotatable bonds is 1. The van der Waals surface area contributed by atoms with Gasteiger partial charge in [-0.1, -0.05) is 0 Å². The lowest BCUT2D eigenvalue weighted by Crippen LogP contribution is -2.41. The van der Waals surface area contributed by atoms with E-state index in [1.54, 1.807) is 0 Å². The first-order valence-electron chi connectivity index (χ1n) is 6.57. The first-order valence-corrected chi connectivity index (χ1v) is 6.57. The molecule has 1 fully saturated rings. The molecule has 0 aliphatic carbocycles. The Morgan fingerprint density at radius 3 is 2.37 bits per heavy atom. The van der Waals surface area contributed by atoms with Gasteiger partial charge in [0.2, 0.25) is 0 Å². The Labute approximate surface area is 113 Å². The van der Waals surface area contributed by atoms with E-state index in [2.05, 4.69) is 43.3 Å². The average molecular weight is 258 g/mol. The quantitative estimate of drug-likeness (QED) is 0.733. The standard InChI is InChI=1S/C14H19BN2O2/c1-13(2)14(3,4)19-15(18-13)12-11-10(6-8-16-12)7-9-17(11)5/h6-9H,1-5H3. The van der Waals surface area contributed by atoms with Gasteiger partial charge in [-0.25, -0.2) is 0 Å². The lowest BCUT2D eigenvalue weighted by Gasteiger charge is -2.32. The van der Waals surface area contributed by atoms with E-state index in [-0.39, 0.29) is 11.2 Å². The minimum absolute atomic E-state index is 0.341. The van der Waals surface area contributed by atoms with Gasteiger partial charge in [-0.3, -0.25) is 4.98 Å². The van der Waals surface area contributed by atoms with Crippen molar-refractivity contribution in [3.63, 3.8) is 0 Å². The van der Waals surface area contributed by atoms with Gasteiger partial charge in [0.1, 0.15) is 0 Å². The topological polar surface area (TPSA) is 36.3 Å². The van der Waals surface area contributed by atoms with Crippen LogP contribution in [0.3, 0.4) is 0 Å². The minimum Gasteiger partial charge on any atom is -0.398 e. The number of hydrogen-bond acceptors (Lipinski definition) is 3. The van der Waals surface area contributed by atoms with Gasteiger partial charge in [-0.05, 0) is 39.8 Å². The number of hydrogen-bond donors (Lipinski definition) is 0. The molecule has 1 aliphatic heterocycles. The summed E-state index contributed by atoms with van der Waals surface area (Å²) in [6.07, 6.45) is 3.84. The van der Waals surface area contributed by atoms with Crippen LogP contribution in [0.1, 0.15) is 27.7 Å². The Bertz CT molecular complexity index is 617. The normalized spacial score (nSPS) is 21.2. The number of nitrogens with zero attached hydrogens (tertiary/aromatic N) is 2. The fourth-order valence-corrected chi connectivity index (χ4v) is 2.40. The van der Waals surface area contributed by atoms with Crippen LogP contribution < -0.4 is 5.59 Å². The van der Waals surface area contributed by atoms with Gasteiger partial charge >= 0.3 is 7.12 Å². The van der Waals surface area contributed by atoms with Crippen LogP contribution in [-0.2, 0) is 16.4 Å². The highest BCUT2D eigenvalue weighted by molar-refractivity contribution is 6.63. The second-order valence-corrected chi connectivity index (χ2v) is 6.15. The fourth-order valence-electron chi connectivity index (χ4n) is 2.40. The zero-order chi connectivity index (χ0) is 13.8. The molecule has 1 aliphatic rings. The van der Waals surface area contributed by atoms with E-state index in [4.69, 9.17) is 9.31 Å². The maximum atomic E-state index is 6.08. The Morgan fingerprint density at radius 2 is 1.74 bits per heavy atom. The largest absolute Gasteiger partial charge is 0.516 e. The molecule has 2 aromatic rings. The molecule has 100 valence electrons. The summed E-state index contributed by atoms with van der Waals surface area (Å²) in [7, 11) is 1.60. The van der Waals surface area contributed by atoms with Gasteiger partial charge in [0.15, 0.2) is 0 Å². The fraction of sp³-hybridized carbons (Fsp3) is 0.500. The van der Waals surface area contributed by atoms with E-state index in [0.29, 0.717) is 0 Å². The van der Waals surface area contributed by atoms with Gasteiger partial charge in [0, 0.05) is 24.8 Å². The molecule has 0 bridgehead atoms. The van der Waals surface area contributed by atoms with Crippen molar-refractivity contribution in [3.8, 4) is 0 Å². The number of aryl methyl sites for hydroxylation is 1. The molecule has 1 saturated heterocycles. The molecule has 0 N–H and O–H groups in total. The summed E-state index contributed by atoms with van der Waals surface area (Å²) >= 11 is 0. The molecular formula is C14H19BN2O2. The Morgan fingerprint density at radius 1 is 1.11 bits per heavy atom. The van der Waals surface area contributed by atoms with Crippen LogP contribution in [0, 0.1) is 0 Å². The highest BCUT2D eigenvalue weighted by Gasteiger charge is 2.52. The lowest BCUT2D eigenvalue weighted by molar-refractivity contribution is 0.00578. The summed E-state index contributed by atoms with van der Waals surface area (Å²) in [5.74, 6) is 0. The van der Waals surface area contributed by atoms with Crippen molar-refractivity contribution in [2.45, 2.75) is 38.9 Å². The first-order chi connectivity index (χ1) is 8.82. The van der Waals surface area contributed by atoms with Crippen LogP contribution in [0.4, 0.5) is 0 Å². The van der Waals surface area contributed by atoms with E-state index in [9.17, 15) is 0 Å². The lowest BCUT2D eigenvalue weighted by atomic mass is 9.83. The smallest absolute Gasteiger partial charge is 0.398 e. The van der Waals surface area contributed by atoms with E-state index < -0.39 is 7.12 Å². The molecule has 0 radical (unpaired) electrons. The predicted molar refractivity (Wildman–Crippen MR) is 76.4 cm³/mol. The molecule has 0 saturated carbocycles. The van der Waals surface area contributed by atoms with E-state index in [1.165, 1.54) is 0 Å². The van der Waals surface area contributed by atoms with Gasteiger partial charge < -0.3 is 13.9 Å². The Balaban J connectivity index is 2.10. The molecule has 0 spiro atoms. The minimum atomic E-state index is -0.415. The van der Waals surface area contributed by atoms with Crippen molar-refractivity contribution < 1.29 is 9.31 Å². The zero-order valence-electron chi connectivity index (χ0n) is 12.1. The van der Waals surface area contributed by atoms with Crippen LogP contribution in [0.2, 0.25) is 0 Å². The molecule has 2 aromatic heterocycles. The Kier molecular flexibility index (Phi) is 2.56. The van der Waals surface area contributed by atoms with Gasteiger partial charge in [0.05, 0.1) is 22.3 Å². The molecule has 5 heteroatoms. The third kappa shape index (κ3) is 1.80. The van der Waals surface area contributed by atoms with Crippen molar-refractivity contribution in [2.24, 2.45) is 7.05 Å². The van der Waals surface area contributed by atoms with Crippen molar-refractivity contribution in [1.82, 2.24) is 9.55 Å². The van der Waals surface area contributed by atoms with Crippen LogP contribution in [0.25, 0.3) is 10.9 Å². The van der Waals surface area contributed by atoms with Crippen LogP contribution in [0.5, 0.6) is 0 Å². The third-order valence-electron chi connectivity index (χ3n) is 4.29. The summed E-state index contributed by atoms with van der Waals surface area (Å²) in [6, 6.07) is 4.08. The van der Waals surface area contributed by atoms with Crippen molar-refractivity contribution >= 4 is 23.6 Å². The van der Waals surface area contributed by atoms with E-state index in [1.807, 2.05) is 25.5 Å². The van der Waals surface area contributed by atoms with Crippen LogP contribution in [0.15, 0.2) is 24.5 Å². The molecule has 0 aromatic carbocycles. The van der Waals surface area contributed by atoms with Crippen molar-refractivity contribution in [3.05, 3.63) is 24.5 Å². The molecule has 4 nitrogen and oxygen atoms in total. The summed E-state index contributed by atoms with van der Waals surface area (Å²) in [4.78, 5) is 4.48. The zero-order valence-corrected chi connectivity index (χ0v) is 12.1. The predicted octanol–water partition coefficient (Wildman–Crippen LogP) is 1.87. The second-order valence-electron chi connectivity index (χ2n) is 6.15. The highest BCUT2D eigenvalue weighted by Crippen LogP contribution is 2.36. The Hall–Kier alpha value is -1.33. The van der Waals surface area contributed by atoms with Gasteiger partial charge in [-0.15, -0.1) is 0 Å². The second kappa shape index (κ2) is 3.84. The average Bonchev–Trinajstić information content (AvgIpc) is 2.78. The number of fused-ring (bicyclic) bond motifs is 1. The summed E-state index contributed by atoms with van der Waals surface area (Å²) in [6.45, 7) is 8.21. The van der Waals surface area contributed by atoms with E-state index in [0.717, 1.165) is 16.5 Å². The van der Waals surface area contributed by atoms with Crippen LogP contribution in [-0.4, -0.2) is 27.9 Å². The molecule has 0 atom stereocenters. The summed E-state index contributed by atoms with van der Waals surface area (Å²) in [5, 5.41) is 1.15. The molecule has 3 heterocycles. The summed E-state index contributed by atoms with van der Waals surface area (Å²) in [5.41, 5.74) is 1.24. The third-order valence-corrected chi connectivity index (χ3v) is 4.29. The van der Waals surface area contributed by atoms with Gasteiger partial charge in [-0.2, -0.15) is 0 Å². The molecule has 0 amide bonds. The molecular weight excluding hydrogens is 239 g/mol. The number of aromatic nitrogens is 2. The maximum absolute atomic E-state index is 6.08. The van der Waals surface area contributed by atoms with Crippen molar-refractivity contribution in [2.75, 3.05) is 0 Å². The maximum Gasteiger partial charge on any atom is 0.516 e. The molecule has 3 rings (SSSR count). The van der Waals surface area contributed by atoms with Crippen LogP contribution >= 0.6 is 0 Å². The van der Waals surface area contributed by atoms with E-state index >= 15 is 0 Å². The number of pyridine rings is 1. The monoisotopic (exact) mass is 258 g/mol.